The number of fused-ring (bicyclic) bond motifs is 6. The predicted octanol–water partition coefficient (Wildman–Crippen LogP) is 14.6. The number of rotatable bonds is 7. The molecule has 10 aromatic rings. The third kappa shape index (κ3) is 5.50. The molecule has 1 aliphatic rings. The van der Waals surface area contributed by atoms with Crippen LogP contribution in [0.3, 0.4) is 0 Å². The zero-order valence-corrected chi connectivity index (χ0v) is 31.5. The normalized spacial score (nSPS) is 12.8. The van der Waals surface area contributed by atoms with Crippen LogP contribution in [-0.2, 0) is 0 Å². The molecule has 2 aromatic heterocycles. The molecule has 11 rings (SSSR count). The molecule has 3 heteroatoms. The van der Waals surface area contributed by atoms with Crippen molar-refractivity contribution >= 4 is 55.0 Å². The summed E-state index contributed by atoms with van der Waals surface area (Å²) in [5.41, 5.74) is 15.5. The Morgan fingerprint density at radius 3 is 1.72 bits per heavy atom. The van der Waals surface area contributed by atoms with E-state index in [1.54, 1.807) is 0 Å². The van der Waals surface area contributed by atoms with Gasteiger partial charge < -0.3 is 14.0 Å². The molecular formula is C54H39N3. The molecule has 0 amide bonds. The van der Waals surface area contributed by atoms with Crippen LogP contribution in [0.5, 0.6) is 0 Å². The maximum Gasteiger partial charge on any atom is 0.0547 e. The van der Waals surface area contributed by atoms with E-state index in [0.29, 0.717) is 0 Å². The van der Waals surface area contributed by atoms with Crippen LogP contribution in [0.2, 0.25) is 0 Å². The summed E-state index contributed by atoms with van der Waals surface area (Å²) in [4.78, 5) is 2.45. The molecule has 2 heterocycles. The van der Waals surface area contributed by atoms with E-state index < -0.39 is 0 Å². The fourth-order valence-corrected chi connectivity index (χ4v) is 9.00. The fraction of sp³-hybridized carbons (Fsp3) is 0.0370. The van der Waals surface area contributed by atoms with Crippen molar-refractivity contribution in [2.24, 2.45) is 0 Å². The number of hydrogen-bond donors (Lipinski definition) is 0. The maximum atomic E-state index is 2.45. The van der Waals surface area contributed by atoms with Crippen LogP contribution >= 0.6 is 0 Å². The third-order valence-corrected chi connectivity index (χ3v) is 11.5. The summed E-state index contributed by atoms with van der Waals surface area (Å²) in [5, 5.41) is 5.03. The quantitative estimate of drug-likeness (QED) is 0.159. The first-order chi connectivity index (χ1) is 28.3. The Balaban J connectivity index is 1.04. The van der Waals surface area contributed by atoms with Gasteiger partial charge in [0.15, 0.2) is 0 Å². The van der Waals surface area contributed by atoms with Crippen molar-refractivity contribution in [3.05, 3.63) is 218 Å². The van der Waals surface area contributed by atoms with Gasteiger partial charge in [-0.2, -0.15) is 0 Å². The van der Waals surface area contributed by atoms with Crippen LogP contribution in [0.15, 0.2) is 218 Å². The highest BCUT2D eigenvalue weighted by molar-refractivity contribution is 6.17. The van der Waals surface area contributed by atoms with Gasteiger partial charge in [0.2, 0.25) is 0 Å². The Kier molecular flexibility index (Phi) is 7.96. The summed E-state index contributed by atoms with van der Waals surface area (Å²) >= 11 is 0. The number of nitrogens with zero attached hydrogens (tertiary/aromatic N) is 3. The lowest BCUT2D eigenvalue weighted by molar-refractivity contribution is 0.997. The summed E-state index contributed by atoms with van der Waals surface area (Å²) in [6.07, 6.45) is 9.03. The van der Waals surface area contributed by atoms with Crippen LogP contribution in [0.4, 0.5) is 11.4 Å². The number of allylic oxidation sites excluding steroid dienone is 3. The standard InChI is InChI=1S/C54H39N3/c1-4-17-40(18-5-1)55(43-34-31-38(32-35-43)39-33-36-52-48(37-39)45-24-11-14-28-50(45)56(52)41-19-6-2-7-20-41)49-27-13-10-23-44(49)46-26-16-30-53-54(46)47-25-12-15-29-51(47)57(53)42-21-8-3-9-22-42/h2-4,6-37H,1,5H2. The highest BCUT2D eigenvalue weighted by Crippen LogP contribution is 2.45. The molecule has 0 spiro atoms. The molecular weight excluding hydrogens is 691 g/mol. The van der Waals surface area contributed by atoms with Gasteiger partial charge in [-0.05, 0) is 108 Å². The van der Waals surface area contributed by atoms with Gasteiger partial charge in [0.25, 0.3) is 0 Å². The highest BCUT2D eigenvalue weighted by Gasteiger charge is 2.22. The number of aromatic nitrogens is 2. The molecule has 0 fully saturated rings. The van der Waals surface area contributed by atoms with E-state index in [1.807, 2.05) is 0 Å². The smallest absolute Gasteiger partial charge is 0.0547 e. The monoisotopic (exact) mass is 729 g/mol. The van der Waals surface area contributed by atoms with Crippen molar-refractivity contribution in [2.75, 3.05) is 4.90 Å². The number of hydrogen-bond acceptors (Lipinski definition) is 1. The Hall–Kier alpha value is -7.36. The van der Waals surface area contributed by atoms with E-state index in [2.05, 4.69) is 226 Å². The van der Waals surface area contributed by atoms with Crippen LogP contribution in [-0.4, -0.2) is 9.13 Å². The molecule has 0 radical (unpaired) electrons. The Labute approximate surface area is 332 Å². The van der Waals surface area contributed by atoms with Crippen LogP contribution in [0, 0.1) is 0 Å². The lowest BCUT2D eigenvalue weighted by Crippen LogP contribution is -2.17. The molecule has 270 valence electrons. The third-order valence-electron chi connectivity index (χ3n) is 11.5. The average Bonchev–Trinajstić information content (AvgIpc) is 3.81. The molecule has 0 N–H and O–H groups in total. The second-order valence-electron chi connectivity index (χ2n) is 14.8. The Morgan fingerprint density at radius 1 is 0.404 bits per heavy atom. The zero-order valence-electron chi connectivity index (χ0n) is 31.5. The van der Waals surface area contributed by atoms with E-state index in [1.165, 1.54) is 77.2 Å². The van der Waals surface area contributed by atoms with Crippen molar-refractivity contribution in [1.82, 2.24) is 9.13 Å². The minimum Gasteiger partial charge on any atom is -0.310 e. The summed E-state index contributed by atoms with van der Waals surface area (Å²) in [5.74, 6) is 0. The lowest BCUT2D eigenvalue weighted by Gasteiger charge is -2.30. The van der Waals surface area contributed by atoms with Gasteiger partial charge in [0, 0.05) is 49.9 Å². The van der Waals surface area contributed by atoms with Gasteiger partial charge in [-0.3, -0.25) is 0 Å². The fourth-order valence-electron chi connectivity index (χ4n) is 9.00. The molecule has 0 atom stereocenters. The number of para-hydroxylation sites is 5. The summed E-state index contributed by atoms with van der Waals surface area (Å²) in [6, 6.07) is 70.6. The van der Waals surface area contributed by atoms with E-state index in [-0.39, 0.29) is 0 Å². The second-order valence-corrected chi connectivity index (χ2v) is 14.8. The summed E-state index contributed by atoms with van der Waals surface area (Å²) < 4.78 is 4.77. The molecule has 57 heavy (non-hydrogen) atoms. The van der Waals surface area contributed by atoms with Gasteiger partial charge in [0.1, 0.15) is 0 Å². The Bertz CT molecular complexity index is 3160. The molecule has 0 saturated carbocycles. The molecule has 1 aliphatic carbocycles. The largest absolute Gasteiger partial charge is 0.310 e. The molecule has 0 aliphatic heterocycles. The molecule has 3 nitrogen and oxygen atoms in total. The van der Waals surface area contributed by atoms with E-state index in [4.69, 9.17) is 0 Å². The first-order valence-electron chi connectivity index (χ1n) is 19.8. The lowest BCUT2D eigenvalue weighted by atomic mass is 9.96. The molecule has 0 bridgehead atoms. The average molecular weight is 730 g/mol. The zero-order chi connectivity index (χ0) is 37.7. The van der Waals surface area contributed by atoms with Crippen molar-refractivity contribution in [1.29, 1.82) is 0 Å². The van der Waals surface area contributed by atoms with Crippen LogP contribution in [0.25, 0.3) is 77.2 Å². The maximum absolute atomic E-state index is 2.45. The van der Waals surface area contributed by atoms with Gasteiger partial charge in [-0.1, -0.05) is 133 Å². The van der Waals surface area contributed by atoms with Crippen molar-refractivity contribution in [3.8, 4) is 33.6 Å². The first kappa shape index (κ1) is 33.0. The number of benzene rings is 8. The molecule has 0 unspecified atom stereocenters. The van der Waals surface area contributed by atoms with Crippen molar-refractivity contribution in [3.63, 3.8) is 0 Å². The van der Waals surface area contributed by atoms with Crippen LogP contribution in [0.1, 0.15) is 12.8 Å². The van der Waals surface area contributed by atoms with Gasteiger partial charge >= 0.3 is 0 Å². The van der Waals surface area contributed by atoms with E-state index >= 15 is 0 Å². The van der Waals surface area contributed by atoms with Gasteiger partial charge in [-0.25, -0.2) is 0 Å². The van der Waals surface area contributed by atoms with Gasteiger partial charge in [0.05, 0.1) is 27.8 Å². The minimum absolute atomic E-state index is 1.01. The van der Waals surface area contributed by atoms with Crippen molar-refractivity contribution in [2.45, 2.75) is 12.8 Å². The predicted molar refractivity (Wildman–Crippen MR) is 241 cm³/mol. The molecule has 0 saturated heterocycles. The second kappa shape index (κ2) is 13.7. The highest BCUT2D eigenvalue weighted by atomic mass is 15.1. The van der Waals surface area contributed by atoms with Gasteiger partial charge in [-0.15, -0.1) is 0 Å². The first-order valence-corrected chi connectivity index (χ1v) is 19.8. The minimum atomic E-state index is 1.01. The summed E-state index contributed by atoms with van der Waals surface area (Å²) in [7, 11) is 0. The van der Waals surface area contributed by atoms with E-state index in [0.717, 1.165) is 29.9 Å². The summed E-state index contributed by atoms with van der Waals surface area (Å²) in [6.45, 7) is 0. The van der Waals surface area contributed by atoms with Crippen LogP contribution < -0.4 is 4.90 Å². The van der Waals surface area contributed by atoms with Crippen molar-refractivity contribution < 1.29 is 0 Å². The van der Waals surface area contributed by atoms with E-state index in [9.17, 15) is 0 Å². The Morgan fingerprint density at radius 2 is 0.982 bits per heavy atom. The molecule has 8 aromatic carbocycles. The number of anilines is 2. The SMILES string of the molecule is C1=CC(N(c2ccc(-c3ccc4c(c3)c3ccccc3n4-c3ccccc3)cc2)c2ccccc2-c2cccc3c2c2ccccc2n3-c2ccccc2)=CCC1. The topological polar surface area (TPSA) is 13.1 Å².